The number of hydrogen-bond acceptors (Lipinski definition) is 4. The van der Waals surface area contributed by atoms with Crippen LogP contribution in [-0.4, -0.2) is 12.1 Å². The highest BCUT2D eigenvalue weighted by atomic mass is 16.6. The van der Waals surface area contributed by atoms with Gasteiger partial charge in [-0.3, -0.25) is 0 Å². The average molecular weight is 219 g/mol. The second-order valence-electron chi connectivity index (χ2n) is 3.53. The number of aryl methyl sites for hydroxylation is 1. The predicted octanol–water partition coefficient (Wildman–Crippen LogP) is 2.15. The molecular weight excluding hydrogens is 206 g/mol. The van der Waals surface area contributed by atoms with Crippen LogP contribution in [0.5, 0.6) is 6.08 Å². The van der Waals surface area contributed by atoms with Crippen LogP contribution in [0.4, 0.5) is 0 Å². The smallest absolute Gasteiger partial charge is 0.396 e. The van der Waals surface area contributed by atoms with Gasteiger partial charge in [0.2, 0.25) is 0 Å². The third kappa shape index (κ3) is 1.78. The van der Waals surface area contributed by atoms with Crippen molar-refractivity contribution in [3.05, 3.63) is 34.2 Å². The zero-order chi connectivity index (χ0) is 11.5. The van der Waals surface area contributed by atoms with E-state index in [1.807, 2.05) is 12.1 Å². The zero-order valence-electron chi connectivity index (χ0n) is 9.32. The SMILES string of the molecule is CCCc1cccc2nc(OC)oc(=O)c12. The lowest BCUT2D eigenvalue weighted by atomic mass is 10.1. The van der Waals surface area contributed by atoms with Gasteiger partial charge in [0, 0.05) is 0 Å². The standard InChI is InChI=1S/C12H13NO3/c1-3-5-8-6-4-7-9-10(8)11(14)16-12(13-9)15-2/h4,6-7H,3,5H2,1-2H3. The predicted molar refractivity (Wildman–Crippen MR) is 60.8 cm³/mol. The van der Waals surface area contributed by atoms with Crippen LogP contribution < -0.4 is 10.4 Å². The maximum absolute atomic E-state index is 11.8. The van der Waals surface area contributed by atoms with E-state index in [0.29, 0.717) is 10.9 Å². The van der Waals surface area contributed by atoms with Gasteiger partial charge in [0.1, 0.15) is 0 Å². The number of nitrogens with zero attached hydrogens (tertiary/aromatic N) is 1. The summed E-state index contributed by atoms with van der Waals surface area (Å²) in [5.74, 6) is 0. The second kappa shape index (κ2) is 4.35. The molecule has 84 valence electrons. The zero-order valence-corrected chi connectivity index (χ0v) is 9.32. The number of benzene rings is 1. The fourth-order valence-electron chi connectivity index (χ4n) is 1.73. The first kappa shape index (κ1) is 10.7. The summed E-state index contributed by atoms with van der Waals surface area (Å²) in [7, 11) is 1.42. The van der Waals surface area contributed by atoms with Crippen LogP contribution in [0.2, 0.25) is 0 Å². The number of ether oxygens (including phenoxy) is 1. The van der Waals surface area contributed by atoms with Gasteiger partial charge in [-0.1, -0.05) is 25.5 Å². The molecule has 0 bridgehead atoms. The Hall–Kier alpha value is -1.84. The molecule has 16 heavy (non-hydrogen) atoms. The first-order chi connectivity index (χ1) is 7.76. The van der Waals surface area contributed by atoms with Gasteiger partial charge in [0.25, 0.3) is 0 Å². The lowest BCUT2D eigenvalue weighted by molar-refractivity contribution is 0.270. The molecule has 0 saturated carbocycles. The molecule has 1 heterocycles. The summed E-state index contributed by atoms with van der Waals surface area (Å²) in [4.78, 5) is 15.9. The van der Waals surface area contributed by atoms with Crippen LogP contribution in [0, 0.1) is 0 Å². The van der Waals surface area contributed by atoms with Gasteiger partial charge in [-0.25, -0.2) is 4.79 Å². The van der Waals surface area contributed by atoms with Gasteiger partial charge in [0.05, 0.1) is 18.0 Å². The lowest BCUT2D eigenvalue weighted by Crippen LogP contribution is -2.06. The van der Waals surface area contributed by atoms with E-state index in [-0.39, 0.29) is 11.7 Å². The first-order valence-corrected chi connectivity index (χ1v) is 5.23. The molecule has 0 saturated heterocycles. The molecular formula is C12H13NO3. The molecule has 0 fully saturated rings. The first-order valence-electron chi connectivity index (χ1n) is 5.23. The minimum Gasteiger partial charge on any atom is -0.453 e. The summed E-state index contributed by atoms with van der Waals surface area (Å²) in [6.45, 7) is 2.07. The molecule has 0 aliphatic rings. The summed E-state index contributed by atoms with van der Waals surface area (Å²) in [6.07, 6.45) is 1.83. The Kier molecular flexibility index (Phi) is 2.90. The van der Waals surface area contributed by atoms with Crippen LogP contribution in [0.1, 0.15) is 18.9 Å². The molecule has 4 nitrogen and oxygen atoms in total. The molecule has 0 atom stereocenters. The Labute approximate surface area is 92.9 Å². The van der Waals surface area contributed by atoms with Crippen molar-refractivity contribution in [1.29, 1.82) is 0 Å². The van der Waals surface area contributed by atoms with Crippen molar-refractivity contribution in [3.63, 3.8) is 0 Å². The minimum absolute atomic E-state index is 0.00569. The van der Waals surface area contributed by atoms with Crippen LogP contribution in [-0.2, 0) is 6.42 Å². The maximum atomic E-state index is 11.8. The van der Waals surface area contributed by atoms with Crippen LogP contribution in [0.3, 0.4) is 0 Å². The molecule has 0 spiro atoms. The van der Waals surface area contributed by atoms with Gasteiger partial charge in [0.15, 0.2) is 0 Å². The van der Waals surface area contributed by atoms with Crippen molar-refractivity contribution in [1.82, 2.24) is 4.98 Å². The molecule has 2 rings (SSSR count). The van der Waals surface area contributed by atoms with E-state index >= 15 is 0 Å². The third-order valence-corrected chi connectivity index (χ3v) is 2.42. The van der Waals surface area contributed by atoms with E-state index in [1.165, 1.54) is 7.11 Å². The second-order valence-corrected chi connectivity index (χ2v) is 3.53. The Morgan fingerprint density at radius 2 is 2.25 bits per heavy atom. The van der Waals surface area contributed by atoms with Gasteiger partial charge in [-0.15, -0.1) is 0 Å². The topological polar surface area (TPSA) is 52.3 Å². The number of hydrogen-bond donors (Lipinski definition) is 0. The van der Waals surface area contributed by atoms with Crippen molar-refractivity contribution in [2.45, 2.75) is 19.8 Å². The normalized spacial score (nSPS) is 10.6. The third-order valence-electron chi connectivity index (χ3n) is 2.42. The molecule has 0 amide bonds. The van der Waals surface area contributed by atoms with Crippen LogP contribution in [0.25, 0.3) is 10.9 Å². The largest absolute Gasteiger partial charge is 0.453 e. The molecule has 1 aromatic heterocycles. The molecule has 4 heteroatoms. The summed E-state index contributed by atoms with van der Waals surface area (Å²) in [5.41, 5.74) is 1.22. The number of methoxy groups -OCH3 is 1. The van der Waals surface area contributed by atoms with Gasteiger partial charge >= 0.3 is 11.7 Å². The van der Waals surface area contributed by atoms with Gasteiger partial charge in [-0.05, 0) is 18.1 Å². The highest BCUT2D eigenvalue weighted by Crippen LogP contribution is 2.17. The summed E-state index contributed by atoms with van der Waals surface area (Å²) >= 11 is 0. The molecule has 0 aliphatic heterocycles. The van der Waals surface area contributed by atoms with Gasteiger partial charge in [-0.2, -0.15) is 4.98 Å². The van der Waals surface area contributed by atoms with E-state index in [4.69, 9.17) is 9.15 Å². The number of fused-ring (bicyclic) bond motifs is 1. The van der Waals surface area contributed by atoms with E-state index in [9.17, 15) is 4.79 Å². The van der Waals surface area contributed by atoms with Crippen LogP contribution >= 0.6 is 0 Å². The Morgan fingerprint density at radius 1 is 1.44 bits per heavy atom. The van der Waals surface area contributed by atoms with E-state index < -0.39 is 0 Å². The lowest BCUT2D eigenvalue weighted by Gasteiger charge is -2.03. The van der Waals surface area contributed by atoms with E-state index in [2.05, 4.69) is 11.9 Å². The highest BCUT2D eigenvalue weighted by molar-refractivity contribution is 5.80. The molecule has 0 N–H and O–H groups in total. The van der Waals surface area contributed by atoms with E-state index in [0.717, 1.165) is 18.4 Å². The number of aromatic nitrogens is 1. The average Bonchev–Trinajstić information content (AvgIpc) is 2.29. The summed E-state index contributed by atoms with van der Waals surface area (Å²) in [6, 6.07) is 5.60. The maximum Gasteiger partial charge on any atom is 0.396 e. The van der Waals surface area contributed by atoms with Crippen molar-refractivity contribution in [2.24, 2.45) is 0 Å². The monoisotopic (exact) mass is 219 g/mol. The highest BCUT2D eigenvalue weighted by Gasteiger charge is 2.09. The van der Waals surface area contributed by atoms with Crippen molar-refractivity contribution in [3.8, 4) is 6.08 Å². The molecule has 0 unspecified atom stereocenters. The Balaban J connectivity index is 2.73. The van der Waals surface area contributed by atoms with Crippen LogP contribution in [0.15, 0.2) is 27.4 Å². The Bertz CT molecular complexity index is 560. The minimum atomic E-state index is -0.383. The van der Waals surface area contributed by atoms with E-state index in [1.54, 1.807) is 6.07 Å². The quantitative estimate of drug-likeness (QED) is 0.793. The summed E-state index contributed by atoms with van der Waals surface area (Å²) < 4.78 is 9.76. The fourth-order valence-corrected chi connectivity index (χ4v) is 1.73. The molecule has 0 aliphatic carbocycles. The summed E-state index contributed by atoms with van der Waals surface area (Å²) in [5, 5.41) is 0.560. The Morgan fingerprint density at radius 3 is 2.94 bits per heavy atom. The number of rotatable bonds is 3. The molecule has 1 aromatic carbocycles. The van der Waals surface area contributed by atoms with Crippen molar-refractivity contribution in [2.75, 3.05) is 7.11 Å². The molecule has 0 radical (unpaired) electrons. The van der Waals surface area contributed by atoms with Gasteiger partial charge < -0.3 is 9.15 Å². The van der Waals surface area contributed by atoms with Crippen molar-refractivity contribution >= 4 is 10.9 Å². The fraction of sp³-hybridized carbons (Fsp3) is 0.333. The molecule has 2 aromatic rings. The van der Waals surface area contributed by atoms with Crippen molar-refractivity contribution < 1.29 is 9.15 Å².